The Labute approximate surface area is 128 Å². The highest BCUT2D eigenvalue weighted by Gasteiger charge is 2.05. The highest BCUT2D eigenvalue weighted by molar-refractivity contribution is 9.10. The molecular formula is C16H10BrNO3. The molecule has 104 valence electrons. The van der Waals surface area contributed by atoms with Gasteiger partial charge in [0.05, 0.1) is 4.47 Å². The third-order valence-corrected chi connectivity index (χ3v) is 3.62. The first-order chi connectivity index (χ1) is 10.1. The second-order valence-electron chi connectivity index (χ2n) is 4.39. The van der Waals surface area contributed by atoms with Crippen LogP contribution in [0.5, 0.6) is 5.75 Å². The van der Waals surface area contributed by atoms with Gasteiger partial charge in [0.1, 0.15) is 17.0 Å². The summed E-state index contributed by atoms with van der Waals surface area (Å²) in [5.41, 5.74) is 0.705. The maximum atomic E-state index is 11.9. The van der Waals surface area contributed by atoms with Crippen LogP contribution in [0.2, 0.25) is 0 Å². The molecule has 0 aliphatic carbocycles. The van der Waals surface area contributed by atoms with Crippen molar-refractivity contribution in [3.05, 3.63) is 69.0 Å². The Kier molecular flexibility index (Phi) is 3.58. The normalized spacial score (nSPS) is 11.3. The molecule has 5 heteroatoms. The van der Waals surface area contributed by atoms with Gasteiger partial charge in [-0.15, -0.1) is 0 Å². The lowest BCUT2D eigenvalue weighted by Crippen LogP contribution is -1.98. The third kappa shape index (κ3) is 2.73. The minimum absolute atomic E-state index is 0.0754. The van der Waals surface area contributed by atoms with Crippen LogP contribution in [0.3, 0.4) is 0 Å². The molecule has 3 aromatic rings. The molecule has 1 heterocycles. The van der Waals surface area contributed by atoms with Crippen molar-refractivity contribution in [1.29, 1.82) is 0 Å². The maximum absolute atomic E-state index is 11.9. The fourth-order valence-electron chi connectivity index (χ4n) is 1.92. The van der Waals surface area contributed by atoms with Crippen LogP contribution in [0.4, 0.5) is 5.69 Å². The smallest absolute Gasteiger partial charge is 0.362 e. The molecule has 0 unspecified atom stereocenters. The number of aliphatic imine (C=N–C) groups is 1. The summed E-state index contributed by atoms with van der Waals surface area (Å²) in [4.78, 5) is 16.0. The zero-order valence-electron chi connectivity index (χ0n) is 10.8. The Balaban J connectivity index is 2.05. The first kappa shape index (κ1) is 13.6. The average Bonchev–Trinajstić information content (AvgIpc) is 2.49. The molecule has 0 radical (unpaired) electrons. The van der Waals surface area contributed by atoms with E-state index < -0.39 is 5.63 Å². The lowest BCUT2D eigenvalue weighted by molar-refractivity contribution is 0.471. The summed E-state index contributed by atoms with van der Waals surface area (Å²) >= 11 is 3.23. The molecule has 0 spiro atoms. The predicted octanol–water partition coefficient (Wildman–Crippen LogP) is 4.01. The first-order valence-corrected chi connectivity index (χ1v) is 6.99. The highest BCUT2D eigenvalue weighted by atomic mass is 79.9. The Morgan fingerprint density at radius 1 is 1.14 bits per heavy atom. The number of para-hydroxylation sites is 2. The van der Waals surface area contributed by atoms with Crippen LogP contribution in [0.15, 0.2) is 67.2 Å². The minimum Gasteiger partial charge on any atom is -0.506 e. The zero-order chi connectivity index (χ0) is 14.8. The van der Waals surface area contributed by atoms with Gasteiger partial charge in [-0.1, -0.05) is 24.3 Å². The molecule has 1 aromatic heterocycles. The predicted molar refractivity (Wildman–Crippen MR) is 85.5 cm³/mol. The molecule has 21 heavy (non-hydrogen) atoms. The van der Waals surface area contributed by atoms with Crippen LogP contribution >= 0.6 is 15.9 Å². The van der Waals surface area contributed by atoms with Crippen molar-refractivity contribution >= 4 is 38.8 Å². The number of fused-ring (bicyclic) bond motifs is 1. The average molecular weight is 344 g/mol. The number of nitrogens with zero attached hydrogens (tertiary/aromatic N) is 1. The standard InChI is InChI=1S/C16H10BrNO3/c17-12-6-3-5-11(15(12)19)9-18-13-8-10-4-1-2-7-14(10)21-16(13)20/h1-9,19H. The van der Waals surface area contributed by atoms with Gasteiger partial charge < -0.3 is 9.52 Å². The fraction of sp³-hybridized carbons (Fsp3) is 0. The third-order valence-electron chi connectivity index (χ3n) is 2.98. The SMILES string of the molecule is O=c1oc2ccccc2cc1N=Cc1cccc(Br)c1O. The number of aromatic hydroxyl groups is 1. The molecule has 0 atom stereocenters. The summed E-state index contributed by atoms with van der Waals surface area (Å²) in [7, 11) is 0. The molecule has 1 N–H and O–H groups in total. The molecule has 0 aliphatic rings. The summed E-state index contributed by atoms with van der Waals surface area (Å²) in [6.07, 6.45) is 1.43. The van der Waals surface area contributed by atoms with E-state index in [4.69, 9.17) is 4.42 Å². The molecule has 0 amide bonds. The van der Waals surface area contributed by atoms with E-state index in [9.17, 15) is 9.90 Å². The van der Waals surface area contributed by atoms with E-state index in [1.807, 2.05) is 12.1 Å². The van der Waals surface area contributed by atoms with E-state index in [1.54, 1.807) is 36.4 Å². The number of phenols is 1. The van der Waals surface area contributed by atoms with Gasteiger partial charge in [0.15, 0.2) is 0 Å². The molecule has 0 fully saturated rings. The van der Waals surface area contributed by atoms with Gasteiger partial charge in [-0.05, 0) is 40.2 Å². The van der Waals surface area contributed by atoms with Gasteiger partial charge in [0, 0.05) is 17.2 Å². The van der Waals surface area contributed by atoms with Crippen molar-refractivity contribution < 1.29 is 9.52 Å². The van der Waals surface area contributed by atoms with Crippen LogP contribution in [-0.4, -0.2) is 11.3 Å². The Morgan fingerprint density at radius 3 is 2.81 bits per heavy atom. The summed E-state index contributed by atoms with van der Waals surface area (Å²) in [6.45, 7) is 0. The molecule has 0 aliphatic heterocycles. The Hall–Kier alpha value is -2.40. The first-order valence-electron chi connectivity index (χ1n) is 6.19. The van der Waals surface area contributed by atoms with E-state index in [0.717, 1.165) is 5.39 Å². The number of phenolic OH excluding ortho intramolecular Hbond substituents is 1. The van der Waals surface area contributed by atoms with Gasteiger partial charge in [-0.3, -0.25) is 0 Å². The second kappa shape index (κ2) is 5.54. The minimum atomic E-state index is -0.514. The lowest BCUT2D eigenvalue weighted by Gasteiger charge is -2.00. The second-order valence-corrected chi connectivity index (χ2v) is 5.25. The number of hydrogen-bond donors (Lipinski definition) is 1. The van der Waals surface area contributed by atoms with Gasteiger partial charge in [-0.25, -0.2) is 9.79 Å². The summed E-state index contributed by atoms with van der Waals surface area (Å²) in [6, 6.07) is 14.1. The van der Waals surface area contributed by atoms with Crippen LogP contribution in [-0.2, 0) is 0 Å². The van der Waals surface area contributed by atoms with Crippen molar-refractivity contribution in [2.24, 2.45) is 4.99 Å². The summed E-state index contributed by atoms with van der Waals surface area (Å²) in [5, 5.41) is 10.7. The number of halogens is 1. The van der Waals surface area contributed by atoms with E-state index in [2.05, 4.69) is 20.9 Å². The molecule has 4 nitrogen and oxygen atoms in total. The van der Waals surface area contributed by atoms with Gasteiger partial charge >= 0.3 is 5.63 Å². The van der Waals surface area contributed by atoms with Crippen molar-refractivity contribution in [2.45, 2.75) is 0 Å². The number of rotatable bonds is 2. The molecule has 3 rings (SSSR count). The van der Waals surface area contributed by atoms with Crippen molar-refractivity contribution in [2.75, 3.05) is 0 Å². The lowest BCUT2D eigenvalue weighted by atomic mass is 10.2. The van der Waals surface area contributed by atoms with Crippen LogP contribution in [0.25, 0.3) is 11.0 Å². The quantitative estimate of drug-likeness (QED) is 0.564. The van der Waals surface area contributed by atoms with E-state index in [0.29, 0.717) is 15.6 Å². The maximum Gasteiger partial charge on any atom is 0.362 e. The van der Waals surface area contributed by atoms with Crippen LogP contribution < -0.4 is 5.63 Å². The summed E-state index contributed by atoms with van der Waals surface area (Å²) in [5.74, 6) is 0.0754. The van der Waals surface area contributed by atoms with Gasteiger partial charge in [0.25, 0.3) is 0 Å². The van der Waals surface area contributed by atoms with Crippen LogP contribution in [0, 0.1) is 0 Å². The molecule has 0 saturated heterocycles. The van der Waals surface area contributed by atoms with Gasteiger partial charge in [-0.2, -0.15) is 0 Å². The highest BCUT2D eigenvalue weighted by Crippen LogP contribution is 2.26. The van der Waals surface area contributed by atoms with E-state index in [1.165, 1.54) is 6.21 Å². The monoisotopic (exact) mass is 343 g/mol. The van der Waals surface area contributed by atoms with Gasteiger partial charge in [0.2, 0.25) is 0 Å². The zero-order valence-corrected chi connectivity index (χ0v) is 12.4. The van der Waals surface area contributed by atoms with Crippen LogP contribution in [0.1, 0.15) is 5.56 Å². The fourth-order valence-corrected chi connectivity index (χ4v) is 2.30. The molecule has 0 bridgehead atoms. The van der Waals surface area contributed by atoms with Crippen molar-refractivity contribution in [1.82, 2.24) is 0 Å². The Morgan fingerprint density at radius 2 is 1.95 bits per heavy atom. The number of hydrogen-bond acceptors (Lipinski definition) is 4. The largest absolute Gasteiger partial charge is 0.506 e. The Bertz CT molecular complexity index is 899. The summed E-state index contributed by atoms with van der Waals surface area (Å²) < 4.78 is 5.76. The van der Waals surface area contributed by atoms with E-state index >= 15 is 0 Å². The van der Waals surface area contributed by atoms with Crippen molar-refractivity contribution in [3.63, 3.8) is 0 Å². The molecular weight excluding hydrogens is 334 g/mol. The van der Waals surface area contributed by atoms with E-state index in [-0.39, 0.29) is 11.4 Å². The van der Waals surface area contributed by atoms with Crippen molar-refractivity contribution in [3.8, 4) is 5.75 Å². The molecule has 0 saturated carbocycles. The molecule has 2 aromatic carbocycles. The topological polar surface area (TPSA) is 62.8 Å². The number of benzene rings is 2.